The summed E-state index contributed by atoms with van der Waals surface area (Å²) in [6.45, 7) is 3.09. The first kappa shape index (κ1) is 23.5. The number of carbonyl (C=O) groups is 1. The summed E-state index contributed by atoms with van der Waals surface area (Å²) in [5.74, 6) is 0.596. The number of furan rings is 1. The predicted molar refractivity (Wildman–Crippen MR) is 130 cm³/mol. The van der Waals surface area contributed by atoms with Crippen molar-refractivity contribution in [1.29, 1.82) is 0 Å². The molecule has 0 bridgehead atoms. The fourth-order valence-electron chi connectivity index (χ4n) is 4.52. The molecule has 2 aliphatic heterocycles. The van der Waals surface area contributed by atoms with Gasteiger partial charge in [0.05, 0.1) is 6.04 Å². The third kappa shape index (κ3) is 5.07. The highest BCUT2D eigenvalue weighted by Crippen LogP contribution is 2.33. The van der Waals surface area contributed by atoms with Crippen molar-refractivity contribution in [3.8, 4) is 11.5 Å². The zero-order valence-corrected chi connectivity index (χ0v) is 19.7. The van der Waals surface area contributed by atoms with Gasteiger partial charge in [0.2, 0.25) is 5.71 Å². The van der Waals surface area contributed by atoms with Crippen LogP contribution in [0.4, 0.5) is 0 Å². The van der Waals surface area contributed by atoms with Gasteiger partial charge in [0, 0.05) is 17.0 Å². The van der Waals surface area contributed by atoms with Gasteiger partial charge in [0.1, 0.15) is 24.9 Å². The largest absolute Gasteiger partial charge is 0.486 e. The van der Waals surface area contributed by atoms with E-state index in [2.05, 4.69) is 15.4 Å². The summed E-state index contributed by atoms with van der Waals surface area (Å²) in [6.07, 6.45) is 1.09. The third-order valence-corrected chi connectivity index (χ3v) is 6.52. The lowest BCUT2D eigenvalue weighted by molar-refractivity contribution is -0.116. The number of nitrogens with one attached hydrogen (secondary N) is 1. The summed E-state index contributed by atoms with van der Waals surface area (Å²) in [6, 6.07) is 11.2. The van der Waals surface area contributed by atoms with E-state index in [1.165, 1.54) is 0 Å². The topological polar surface area (TPSA) is 117 Å². The van der Waals surface area contributed by atoms with Crippen molar-refractivity contribution >= 4 is 34.2 Å². The zero-order valence-electron chi connectivity index (χ0n) is 18.9. The van der Waals surface area contributed by atoms with Crippen LogP contribution in [0.2, 0.25) is 5.02 Å². The number of hydrogen-bond donors (Lipinski definition) is 3. The maximum atomic E-state index is 13.2. The lowest BCUT2D eigenvalue weighted by Crippen LogP contribution is -2.48. The molecule has 2 atom stereocenters. The molecule has 2 aliphatic rings. The van der Waals surface area contributed by atoms with Crippen LogP contribution in [0.25, 0.3) is 11.0 Å². The summed E-state index contributed by atoms with van der Waals surface area (Å²) < 4.78 is 16.9. The first-order valence-corrected chi connectivity index (χ1v) is 11.9. The van der Waals surface area contributed by atoms with Gasteiger partial charge in [-0.15, -0.1) is 0 Å². The van der Waals surface area contributed by atoms with E-state index in [9.17, 15) is 15.1 Å². The zero-order chi connectivity index (χ0) is 24.4. The predicted octanol–water partition coefficient (Wildman–Crippen LogP) is 3.35. The van der Waals surface area contributed by atoms with Crippen LogP contribution in [0.15, 0.2) is 52.0 Å². The number of ether oxygens (including phenoxy) is 2. The molecule has 2 aromatic carbocycles. The van der Waals surface area contributed by atoms with Gasteiger partial charge in [0.15, 0.2) is 17.3 Å². The molecule has 0 aliphatic carbocycles. The van der Waals surface area contributed by atoms with Gasteiger partial charge in [-0.1, -0.05) is 22.8 Å². The molecule has 9 nitrogen and oxygen atoms in total. The number of carbonyl (C=O) groups excluding carboxylic acids is 1. The van der Waals surface area contributed by atoms with E-state index < -0.39 is 18.1 Å². The van der Waals surface area contributed by atoms with E-state index in [-0.39, 0.29) is 11.5 Å². The molecule has 0 spiro atoms. The molecule has 1 amide bonds. The van der Waals surface area contributed by atoms with Gasteiger partial charge in [-0.05, 0) is 67.9 Å². The molecule has 1 saturated heterocycles. The summed E-state index contributed by atoms with van der Waals surface area (Å²) in [4.78, 5) is 15.4. The molecule has 10 heteroatoms. The molecular weight excluding hydrogens is 474 g/mol. The van der Waals surface area contributed by atoms with Gasteiger partial charge in [-0.2, -0.15) is 0 Å². The van der Waals surface area contributed by atoms with Crippen LogP contribution >= 0.6 is 11.6 Å². The molecule has 1 fully saturated rings. The number of nitrogens with zero attached hydrogens (tertiary/aromatic N) is 2. The monoisotopic (exact) mass is 499 g/mol. The van der Waals surface area contributed by atoms with Gasteiger partial charge in [-0.25, -0.2) is 0 Å². The van der Waals surface area contributed by atoms with Gasteiger partial charge >= 0.3 is 0 Å². The molecule has 5 rings (SSSR count). The minimum absolute atomic E-state index is 0.0935. The number of amides is 1. The molecule has 35 heavy (non-hydrogen) atoms. The van der Waals surface area contributed by atoms with Crippen LogP contribution in [-0.2, 0) is 4.79 Å². The van der Waals surface area contributed by atoms with E-state index in [1.54, 1.807) is 42.5 Å². The van der Waals surface area contributed by atoms with Crippen molar-refractivity contribution < 1.29 is 29.0 Å². The molecule has 0 radical (unpaired) electrons. The van der Waals surface area contributed by atoms with E-state index in [0.29, 0.717) is 52.8 Å². The minimum atomic E-state index is -1.04. The number of benzene rings is 2. The Bertz CT molecular complexity index is 1250. The van der Waals surface area contributed by atoms with E-state index in [4.69, 9.17) is 25.5 Å². The standard InChI is InChI=1S/C25H26ClN3O6/c26-17-4-6-19-16(11-17)13-22(35-19)23(28-32)25(31)27-18(14-29-7-1-2-8-29)24(30)15-3-5-20-21(12-15)34-10-9-33-20/h3-6,11-13,18,24,30,32H,1-2,7-10,14H2,(H,27,31)/b28-23+/t18-,24-/m1/s1. The Kier molecular flexibility index (Phi) is 6.81. The highest BCUT2D eigenvalue weighted by Gasteiger charge is 2.30. The van der Waals surface area contributed by atoms with Crippen molar-refractivity contribution in [3.05, 3.63) is 58.8 Å². The maximum absolute atomic E-state index is 13.2. The average molecular weight is 500 g/mol. The number of rotatable bonds is 7. The number of oxime groups is 1. The highest BCUT2D eigenvalue weighted by atomic mass is 35.5. The molecule has 3 heterocycles. The number of aliphatic hydroxyl groups excluding tert-OH is 1. The van der Waals surface area contributed by atoms with Crippen LogP contribution in [0.5, 0.6) is 11.5 Å². The first-order chi connectivity index (χ1) is 17.0. The first-order valence-electron chi connectivity index (χ1n) is 11.5. The van der Waals surface area contributed by atoms with E-state index in [0.717, 1.165) is 25.9 Å². The second kappa shape index (κ2) is 10.2. The van der Waals surface area contributed by atoms with Gasteiger partial charge in [-0.3, -0.25) is 4.79 Å². The summed E-state index contributed by atoms with van der Waals surface area (Å²) >= 11 is 6.04. The second-order valence-electron chi connectivity index (χ2n) is 8.68. The molecular formula is C25H26ClN3O6. The third-order valence-electron chi connectivity index (χ3n) is 6.29. The highest BCUT2D eigenvalue weighted by molar-refractivity contribution is 6.44. The average Bonchev–Trinajstić information content (AvgIpc) is 3.53. The summed E-state index contributed by atoms with van der Waals surface area (Å²) in [5, 5.41) is 28.2. The number of fused-ring (bicyclic) bond motifs is 2. The van der Waals surface area contributed by atoms with E-state index in [1.807, 2.05) is 0 Å². The van der Waals surface area contributed by atoms with Crippen LogP contribution in [0.1, 0.15) is 30.3 Å². The Morgan fingerprint density at radius 1 is 1.09 bits per heavy atom. The number of aliphatic hydroxyl groups is 1. The summed E-state index contributed by atoms with van der Waals surface area (Å²) in [7, 11) is 0. The van der Waals surface area contributed by atoms with Crippen LogP contribution in [-0.4, -0.2) is 65.7 Å². The molecule has 0 unspecified atom stereocenters. The minimum Gasteiger partial charge on any atom is -0.486 e. The number of likely N-dealkylation sites (tertiary alicyclic amines) is 1. The number of halogens is 1. The lowest BCUT2D eigenvalue weighted by Gasteiger charge is -2.29. The second-order valence-corrected chi connectivity index (χ2v) is 9.11. The van der Waals surface area contributed by atoms with Crippen LogP contribution < -0.4 is 14.8 Å². The van der Waals surface area contributed by atoms with Crippen molar-refractivity contribution in [2.24, 2.45) is 5.16 Å². The Labute approximate surface area is 206 Å². The fraction of sp³-hybridized carbons (Fsp3) is 0.360. The quantitative estimate of drug-likeness (QED) is 0.259. The normalized spacial score (nSPS) is 17.9. The Morgan fingerprint density at radius 2 is 1.86 bits per heavy atom. The van der Waals surface area contributed by atoms with E-state index >= 15 is 0 Å². The lowest BCUT2D eigenvalue weighted by atomic mass is 10.0. The molecule has 3 N–H and O–H groups in total. The molecule has 0 saturated carbocycles. The molecule has 3 aromatic rings. The van der Waals surface area contributed by atoms with Crippen molar-refractivity contribution in [1.82, 2.24) is 10.2 Å². The molecule has 1 aromatic heterocycles. The molecule has 184 valence electrons. The van der Waals surface area contributed by atoms with Crippen molar-refractivity contribution in [2.45, 2.75) is 25.0 Å². The van der Waals surface area contributed by atoms with Crippen molar-refractivity contribution in [3.63, 3.8) is 0 Å². The Hall–Kier alpha value is -3.27. The summed E-state index contributed by atoms with van der Waals surface area (Å²) in [5.41, 5.74) is 0.793. The van der Waals surface area contributed by atoms with Gasteiger partial charge < -0.3 is 34.4 Å². The smallest absolute Gasteiger partial charge is 0.277 e. The van der Waals surface area contributed by atoms with Crippen LogP contribution in [0, 0.1) is 0 Å². The van der Waals surface area contributed by atoms with Crippen LogP contribution in [0.3, 0.4) is 0 Å². The fourth-order valence-corrected chi connectivity index (χ4v) is 4.70. The number of hydrogen-bond acceptors (Lipinski definition) is 8. The SMILES string of the molecule is O=C(N[C@H](CN1CCCC1)[C@H](O)c1ccc2c(c1)OCCO2)/C(=N/O)c1cc2cc(Cl)ccc2o1. The van der Waals surface area contributed by atoms with Gasteiger partial charge in [0.25, 0.3) is 5.91 Å². The maximum Gasteiger partial charge on any atom is 0.277 e. The Balaban J connectivity index is 1.39. The Morgan fingerprint density at radius 3 is 2.63 bits per heavy atom. The van der Waals surface area contributed by atoms with Crippen molar-refractivity contribution in [2.75, 3.05) is 32.8 Å².